The molecular weight excluding hydrogens is 252 g/mol. The molecule has 0 bridgehead atoms. The van der Waals surface area contributed by atoms with E-state index in [1.807, 2.05) is 0 Å². The van der Waals surface area contributed by atoms with Gasteiger partial charge in [0.15, 0.2) is 9.39 Å². The van der Waals surface area contributed by atoms with E-state index in [2.05, 4.69) is 31.9 Å². The Morgan fingerprint density at radius 3 is 1.44 bits per heavy atom. The van der Waals surface area contributed by atoms with Gasteiger partial charge in [0, 0.05) is 13.3 Å². The van der Waals surface area contributed by atoms with Gasteiger partial charge in [-0.25, -0.2) is 0 Å². The van der Waals surface area contributed by atoms with Crippen LogP contribution in [0.25, 0.3) is 0 Å². The highest BCUT2D eigenvalue weighted by molar-refractivity contribution is 9.18. The summed E-state index contributed by atoms with van der Waals surface area (Å²) in [5, 5.41) is 0. The second-order valence-electron chi connectivity index (χ2n) is 1.18. The Morgan fingerprint density at radius 2 is 1.44 bits per heavy atom. The van der Waals surface area contributed by atoms with Crippen molar-refractivity contribution in [1.82, 2.24) is 0 Å². The van der Waals surface area contributed by atoms with E-state index in [-0.39, 0.29) is 9.39 Å². The molecule has 0 aromatic rings. The molecule has 9 heavy (non-hydrogen) atoms. The molecule has 0 heterocycles. The van der Waals surface area contributed by atoms with Crippen LogP contribution in [0, 0.1) is 0 Å². The van der Waals surface area contributed by atoms with Crippen LogP contribution in [0.4, 0.5) is 0 Å². The molecular formula is C5H8Br2O2. The summed E-state index contributed by atoms with van der Waals surface area (Å²) in [6.07, 6.45) is 0.583. The SMILES string of the molecule is CC(=O)Br.CCC(=O)Br. The Hall–Kier alpha value is 0.300. The summed E-state index contributed by atoms with van der Waals surface area (Å²) in [4.78, 5) is 19.1. The Labute approximate surface area is 71.3 Å². The molecule has 0 saturated carbocycles. The van der Waals surface area contributed by atoms with Gasteiger partial charge in [-0.1, -0.05) is 6.92 Å². The summed E-state index contributed by atoms with van der Waals surface area (Å²) in [6.45, 7) is 3.25. The fourth-order valence-corrected chi connectivity index (χ4v) is 0. The normalized spacial score (nSPS) is 7.11. The van der Waals surface area contributed by atoms with Crippen LogP contribution in [-0.2, 0) is 9.59 Å². The van der Waals surface area contributed by atoms with Gasteiger partial charge < -0.3 is 0 Å². The first kappa shape index (κ1) is 12.0. The van der Waals surface area contributed by atoms with Gasteiger partial charge in [0.25, 0.3) is 0 Å². The summed E-state index contributed by atoms with van der Waals surface area (Å²) < 4.78 is 0.0463. The molecule has 0 aromatic carbocycles. The molecule has 4 heteroatoms. The topological polar surface area (TPSA) is 34.1 Å². The molecule has 0 saturated heterocycles. The minimum Gasteiger partial charge on any atom is -0.287 e. The fraction of sp³-hybridized carbons (Fsp3) is 0.600. The number of hydrogen-bond donors (Lipinski definition) is 0. The van der Waals surface area contributed by atoms with E-state index in [0.29, 0.717) is 6.42 Å². The van der Waals surface area contributed by atoms with Crippen LogP contribution < -0.4 is 0 Å². The Kier molecular flexibility index (Phi) is 11.1. The van der Waals surface area contributed by atoms with Crippen LogP contribution in [0.3, 0.4) is 0 Å². The van der Waals surface area contributed by atoms with E-state index >= 15 is 0 Å². The average molecular weight is 260 g/mol. The van der Waals surface area contributed by atoms with Crippen molar-refractivity contribution in [3.05, 3.63) is 0 Å². The maximum absolute atomic E-state index is 9.73. The molecule has 0 aliphatic heterocycles. The van der Waals surface area contributed by atoms with Crippen molar-refractivity contribution in [1.29, 1.82) is 0 Å². The predicted molar refractivity (Wildman–Crippen MR) is 43.8 cm³/mol. The molecule has 0 aromatic heterocycles. The van der Waals surface area contributed by atoms with Gasteiger partial charge in [-0.2, -0.15) is 0 Å². The maximum Gasteiger partial charge on any atom is 0.197 e. The molecule has 0 N–H and O–H groups in total. The van der Waals surface area contributed by atoms with Crippen LogP contribution in [-0.4, -0.2) is 9.39 Å². The predicted octanol–water partition coefficient (Wildman–Crippen LogP) is 2.25. The third-order valence-corrected chi connectivity index (χ3v) is 0.839. The number of carbonyl (C=O) groups is 2. The second kappa shape index (κ2) is 8.30. The van der Waals surface area contributed by atoms with Crippen LogP contribution in [0.5, 0.6) is 0 Å². The average Bonchev–Trinajstić information content (AvgIpc) is 1.65. The lowest BCUT2D eigenvalue weighted by molar-refractivity contribution is -0.110. The highest BCUT2D eigenvalue weighted by Gasteiger charge is 1.80. The monoisotopic (exact) mass is 258 g/mol. The zero-order chi connectivity index (χ0) is 7.86. The van der Waals surface area contributed by atoms with E-state index in [9.17, 15) is 9.59 Å². The minimum absolute atomic E-state index is 0.0208. The van der Waals surface area contributed by atoms with Crippen molar-refractivity contribution in [2.45, 2.75) is 20.3 Å². The molecule has 0 amide bonds. The molecule has 0 spiro atoms. The van der Waals surface area contributed by atoms with E-state index in [1.54, 1.807) is 6.92 Å². The lowest BCUT2D eigenvalue weighted by atomic mass is 10.6. The maximum atomic E-state index is 9.73. The van der Waals surface area contributed by atoms with Gasteiger partial charge >= 0.3 is 0 Å². The Balaban J connectivity index is 0. The summed E-state index contributed by atoms with van der Waals surface area (Å²) >= 11 is 5.37. The first-order valence-electron chi connectivity index (χ1n) is 2.35. The highest BCUT2D eigenvalue weighted by Crippen LogP contribution is 1.86. The quantitative estimate of drug-likeness (QED) is 0.677. The van der Waals surface area contributed by atoms with Crippen molar-refractivity contribution in [3.8, 4) is 0 Å². The van der Waals surface area contributed by atoms with Gasteiger partial charge in [0.1, 0.15) is 0 Å². The van der Waals surface area contributed by atoms with E-state index < -0.39 is 0 Å². The fourth-order valence-electron chi connectivity index (χ4n) is 0. The molecule has 0 rings (SSSR count). The van der Waals surface area contributed by atoms with Crippen molar-refractivity contribution in [2.75, 3.05) is 0 Å². The van der Waals surface area contributed by atoms with Gasteiger partial charge in [-0.3, -0.25) is 9.59 Å². The molecule has 2 nitrogen and oxygen atoms in total. The van der Waals surface area contributed by atoms with Crippen LogP contribution in [0.1, 0.15) is 20.3 Å². The van der Waals surface area contributed by atoms with Gasteiger partial charge in [0.2, 0.25) is 0 Å². The Bertz CT molecular complexity index is 97.1. The third-order valence-electron chi connectivity index (χ3n) is 0.278. The van der Waals surface area contributed by atoms with Crippen molar-refractivity contribution >= 4 is 41.2 Å². The summed E-state index contributed by atoms with van der Waals surface area (Å²) in [7, 11) is 0. The molecule has 0 radical (unpaired) electrons. The van der Waals surface area contributed by atoms with Gasteiger partial charge in [-0.15, -0.1) is 0 Å². The van der Waals surface area contributed by atoms with Crippen LogP contribution in [0.15, 0.2) is 0 Å². The van der Waals surface area contributed by atoms with Crippen molar-refractivity contribution in [3.63, 3.8) is 0 Å². The van der Waals surface area contributed by atoms with Crippen LogP contribution >= 0.6 is 31.9 Å². The van der Waals surface area contributed by atoms with Crippen LogP contribution in [0.2, 0.25) is 0 Å². The van der Waals surface area contributed by atoms with E-state index in [4.69, 9.17) is 0 Å². The lowest BCUT2D eigenvalue weighted by Crippen LogP contribution is -1.73. The summed E-state index contributed by atoms with van der Waals surface area (Å²) in [6, 6.07) is 0. The molecule has 0 unspecified atom stereocenters. The zero-order valence-corrected chi connectivity index (χ0v) is 8.45. The third kappa shape index (κ3) is 62.3. The zero-order valence-electron chi connectivity index (χ0n) is 5.28. The minimum atomic E-state index is -0.0208. The largest absolute Gasteiger partial charge is 0.287 e. The summed E-state index contributed by atoms with van der Waals surface area (Å²) in [5.74, 6) is 0. The summed E-state index contributed by atoms with van der Waals surface area (Å²) in [5.41, 5.74) is 0. The molecule has 0 aliphatic rings. The molecule has 0 fully saturated rings. The molecule has 54 valence electrons. The van der Waals surface area contributed by atoms with Gasteiger partial charge in [-0.05, 0) is 31.9 Å². The molecule has 0 aliphatic carbocycles. The first-order chi connectivity index (χ1) is 4.00. The highest BCUT2D eigenvalue weighted by atomic mass is 79.9. The number of halogens is 2. The first-order valence-corrected chi connectivity index (χ1v) is 3.93. The molecule has 0 atom stereocenters. The van der Waals surface area contributed by atoms with Gasteiger partial charge in [0.05, 0.1) is 0 Å². The smallest absolute Gasteiger partial charge is 0.197 e. The number of carbonyl (C=O) groups excluding carboxylic acids is 2. The number of hydrogen-bond acceptors (Lipinski definition) is 2. The van der Waals surface area contributed by atoms with E-state index in [1.165, 1.54) is 6.92 Å². The lowest BCUT2D eigenvalue weighted by Gasteiger charge is -1.68. The second-order valence-corrected chi connectivity index (χ2v) is 3.18. The number of rotatable bonds is 1. The standard InChI is InChI=1S/C3H5BrO.C2H3BrO/c1-2-3(4)5;1-2(3)4/h2H2,1H3;1H3. The Morgan fingerprint density at radius 1 is 1.33 bits per heavy atom. The van der Waals surface area contributed by atoms with Crippen molar-refractivity contribution < 1.29 is 9.59 Å². The van der Waals surface area contributed by atoms with E-state index in [0.717, 1.165) is 0 Å². The van der Waals surface area contributed by atoms with Crippen molar-refractivity contribution in [2.24, 2.45) is 0 Å².